The van der Waals surface area contributed by atoms with Gasteiger partial charge in [-0.3, -0.25) is 14.6 Å². The molecule has 138 valence electrons. The molecule has 2 atom stereocenters. The summed E-state index contributed by atoms with van der Waals surface area (Å²) in [6.45, 7) is 7.14. The Balaban J connectivity index is 1.31. The number of fused-ring (bicyclic) bond motifs is 1. The van der Waals surface area contributed by atoms with E-state index in [0.29, 0.717) is 12.6 Å². The van der Waals surface area contributed by atoms with Gasteiger partial charge >= 0.3 is 0 Å². The summed E-state index contributed by atoms with van der Waals surface area (Å²) >= 11 is 0. The van der Waals surface area contributed by atoms with Crippen LogP contribution in [0.4, 0.5) is 0 Å². The maximum absolute atomic E-state index is 12.5. The van der Waals surface area contributed by atoms with E-state index in [4.69, 9.17) is 0 Å². The van der Waals surface area contributed by atoms with Crippen LogP contribution in [0.3, 0.4) is 0 Å². The topological polar surface area (TPSA) is 35.6 Å². The minimum absolute atomic E-state index is 0.0316. The van der Waals surface area contributed by atoms with Crippen LogP contribution in [0.5, 0.6) is 0 Å². The lowest BCUT2D eigenvalue weighted by Gasteiger charge is -2.24. The number of amides is 1. The molecule has 2 aliphatic heterocycles. The number of nitrogens with one attached hydrogen (secondary N) is 1. The van der Waals surface area contributed by atoms with Gasteiger partial charge in [-0.25, -0.2) is 0 Å². The van der Waals surface area contributed by atoms with E-state index < -0.39 is 0 Å². The van der Waals surface area contributed by atoms with Crippen LogP contribution in [0.2, 0.25) is 0 Å². The van der Waals surface area contributed by atoms with Crippen molar-refractivity contribution in [3.63, 3.8) is 0 Å². The molecule has 0 saturated carbocycles. The summed E-state index contributed by atoms with van der Waals surface area (Å²) in [5, 5.41) is 5.64. The smallest absolute Gasteiger partial charge is 0.234 e. The number of carbonyl (C=O) groups is 1. The monoisotopic (exact) mass is 351 g/mol. The molecule has 4 heteroatoms. The SMILES string of the molecule is CC(NC(=O)CN1CCC(N2CCCC2)C1)c1ccc2ccccc2c1. The minimum atomic E-state index is 0.0316. The molecule has 1 amide bonds. The molecule has 0 aromatic heterocycles. The Bertz CT molecular complexity index is 769. The molecule has 26 heavy (non-hydrogen) atoms. The highest BCUT2D eigenvalue weighted by molar-refractivity contribution is 5.83. The van der Waals surface area contributed by atoms with Crippen molar-refractivity contribution in [2.24, 2.45) is 0 Å². The van der Waals surface area contributed by atoms with Crippen LogP contribution in [-0.2, 0) is 4.79 Å². The molecule has 0 aliphatic carbocycles. The Morgan fingerprint density at radius 3 is 2.69 bits per heavy atom. The molecule has 0 spiro atoms. The van der Waals surface area contributed by atoms with E-state index in [2.05, 4.69) is 64.5 Å². The number of nitrogens with zero attached hydrogens (tertiary/aromatic N) is 2. The van der Waals surface area contributed by atoms with Crippen molar-refractivity contribution in [2.45, 2.75) is 38.3 Å². The number of carbonyl (C=O) groups excluding carboxylic acids is 1. The third-order valence-electron chi connectivity index (χ3n) is 5.92. The van der Waals surface area contributed by atoms with Crippen molar-refractivity contribution in [2.75, 3.05) is 32.7 Å². The van der Waals surface area contributed by atoms with E-state index in [0.717, 1.165) is 18.7 Å². The summed E-state index contributed by atoms with van der Waals surface area (Å²) in [5.41, 5.74) is 1.16. The lowest BCUT2D eigenvalue weighted by molar-refractivity contribution is -0.122. The summed E-state index contributed by atoms with van der Waals surface area (Å²) in [6, 6.07) is 15.5. The first-order chi connectivity index (χ1) is 12.7. The lowest BCUT2D eigenvalue weighted by Crippen LogP contribution is -2.40. The van der Waals surface area contributed by atoms with E-state index in [1.54, 1.807) is 0 Å². The molecule has 2 aromatic carbocycles. The quantitative estimate of drug-likeness (QED) is 0.899. The molecule has 2 aliphatic rings. The van der Waals surface area contributed by atoms with E-state index >= 15 is 0 Å². The van der Waals surface area contributed by atoms with Crippen LogP contribution >= 0.6 is 0 Å². The summed E-state index contributed by atoms with van der Waals surface area (Å²) in [7, 11) is 0. The molecule has 2 heterocycles. The maximum atomic E-state index is 12.5. The summed E-state index contributed by atoms with van der Waals surface area (Å²) in [4.78, 5) is 17.4. The van der Waals surface area contributed by atoms with Gasteiger partial charge in [0.2, 0.25) is 5.91 Å². The van der Waals surface area contributed by atoms with Crippen LogP contribution < -0.4 is 5.32 Å². The van der Waals surface area contributed by atoms with Gasteiger partial charge in [0.15, 0.2) is 0 Å². The second-order valence-corrected chi connectivity index (χ2v) is 7.82. The van der Waals surface area contributed by atoms with Crippen molar-refractivity contribution in [1.29, 1.82) is 0 Å². The van der Waals surface area contributed by atoms with Crippen molar-refractivity contribution in [3.8, 4) is 0 Å². The Kier molecular flexibility index (Phi) is 5.23. The van der Waals surface area contributed by atoms with Crippen LogP contribution in [0, 0.1) is 0 Å². The predicted octanol–water partition coefficient (Wildman–Crippen LogP) is 3.19. The minimum Gasteiger partial charge on any atom is -0.348 e. The Hall–Kier alpha value is -1.91. The number of hydrogen-bond donors (Lipinski definition) is 1. The number of likely N-dealkylation sites (tertiary alicyclic amines) is 2. The zero-order valence-corrected chi connectivity index (χ0v) is 15.7. The van der Waals surface area contributed by atoms with Gasteiger partial charge in [0, 0.05) is 19.1 Å². The molecule has 2 fully saturated rings. The Labute approximate surface area is 156 Å². The molecule has 0 bridgehead atoms. The molecule has 0 radical (unpaired) electrons. The third kappa shape index (κ3) is 3.92. The first-order valence-corrected chi connectivity index (χ1v) is 9.93. The van der Waals surface area contributed by atoms with E-state index in [1.807, 2.05) is 0 Å². The van der Waals surface area contributed by atoms with Gasteiger partial charge in [-0.1, -0.05) is 36.4 Å². The summed E-state index contributed by atoms with van der Waals surface area (Å²) in [5.74, 6) is 0.132. The van der Waals surface area contributed by atoms with Crippen LogP contribution in [0.25, 0.3) is 10.8 Å². The molecule has 2 unspecified atom stereocenters. The van der Waals surface area contributed by atoms with Gasteiger partial charge in [-0.05, 0) is 61.7 Å². The summed E-state index contributed by atoms with van der Waals surface area (Å²) < 4.78 is 0. The van der Waals surface area contributed by atoms with Gasteiger partial charge < -0.3 is 5.32 Å². The van der Waals surface area contributed by atoms with Crippen molar-refractivity contribution < 1.29 is 4.79 Å². The molecule has 4 rings (SSSR count). The fraction of sp³-hybridized carbons (Fsp3) is 0.500. The van der Waals surface area contributed by atoms with Gasteiger partial charge in [0.25, 0.3) is 0 Å². The molecule has 4 nitrogen and oxygen atoms in total. The highest BCUT2D eigenvalue weighted by Gasteiger charge is 2.30. The Morgan fingerprint density at radius 1 is 1.12 bits per heavy atom. The van der Waals surface area contributed by atoms with Crippen molar-refractivity contribution >= 4 is 16.7 Å². The van der Waals surface area contributed by atoms with Gasteiger partial charge in [-0.2, -0.15) is 0 Å². The fourth-order valence-electron chi connectivity index (χ4n) is 4.41. The zero-order chi connectivity index (χ0) is 17.9. The fourth-order valence-corrected chi connectivity index (χ4v) is 4.41. The highest BCUT2D eigenvalue weighted by Crippen LogP contribution is 2.22. The van der Waals surface area contributed by atoms with Crippen molar-refractivity contribution in [3.05, 3.63) is 48.0 Å². The average Bonchev–Trinajstić information content (AvgIpc) is 3.32. The standard InChI is InChI=1S/C22H29N3O/c1-17(19-9-8-18-6-2-3-7-20(18)14-19)23-22(26)16-24-13-10-21(15-24)25-11-4-5-12-25/h2-3,6-9,14,17,21H,4-5,10-13,15-16H2,1H3,(H,23,26). The zero-order valence-electron chi connectivity index (χ0n) is 15.7. The molecular formula is C22H29N3O. The van der Waals surface area contributed by atoms with Crippen LogP contribution in [0.1, 0.15) is 37.8 Å². The van der Waals surface area contributed by atoms with Crippen LogP contribution in [-0.4, -0.2) is 54.5 Å². The van der Waals surface area contributed by atoms with Crippen molar-refractivity contribution in [1.82, 2.24) is 15.1 Å². The second-order valence-electron chi connectivity index (χ2n) is 7.82. The van der Waals surface area contributed by atoms with Gasteiger partial charge in [0.05, 0.1) is 12.6 Å². The normalized spacial score (nSPS) is 22.7. The number of rotatable bonds is 5. The first kappa shape index (κ1) is 17.5. The number of benzene rings is 2. The molecule has 2 saturated heterocycles. The predicted molar refractivity (Wildman–Crippen MR) is 106 cm³/mol. The molecular weight excluding hydrogens is 322 g/mol. The number of hydrogen-bond acceptors (Lipinski definition) is 3. The molecule has 1 N–H and O–H groups in total. The van der Waals surface area contributed by atoms with E-state index in [1.165, 1.54) is 43.1 Å². The van der Waals surface area contributed by atoms with E-state index in [-0.39, 0.29) is 11.9 Å². The second kappa shape index (κ2) is 7.77. The van der Waals surface area contributed by atoms with E-state index in [9.17, 15) is 4.79 Å². The Morgan fingerprint density at radius 2 is 1.88 bits per heavy atom. The lowest BCUT2D eigenvalue weighted by atomic mass is 10.0. The highest BCUT2D eigenvalue weighted by atomic mass is 16.2. The van der Waals surface area contributed by atoms with Gasteiger partial charge in [0.1, 0.15) is 0 Å². The first-order valence-electron chi connectivity index (χ1n) is 9.93. The average molecular weight is 351 g/mol. The molecule has 2 aromatic rings. The largest absolute Gasteiger partial charge is 0.348 e. The summed E-state index contributed by atoms with van der Waals surface area (Å²) in [6.07, 6.45) is 3.87. The third-order valence-corrected chi connectivity index (χ3v) is 5.92. The van der Waals surface area contributed by atoms with Gasteiger partial charge in [-0.15, -0.1) is 0 Å². The van der Waals surface area contributed by atoms with Crippen LogP contribution in [0.15, 0.2) is 42.5 Å². The maximum Gasteiger partial charge on any atom is 0.234 e.